The van der Waals surface area contributed by atoms with Gasteiger partial charge in [0, 0.05) is 31.4 Å². The average molecular weight is 703 g/mol. The first-order chi connectivity index (χ1) is 22.6. The van der Waals surface area contributed by atoms with E-state index in [1.165, 1.54) is 0 Å². The number of halogens is 7. The molecule has 1 aliphatic heterocycles. The molecule has 18 heteroatoms. The van der Waals surface area contributed by atoms with E-state index in [1.54, 1.807) is 0 Å². The molecular weight excluding hydrogens is 677 g/mol. The van der Waals surface area contributed by atoms with E-state index in [-0.39, 0.29) is 36.0 Å². The summed E-state index contributed by atoms with van der Waals surface area (Å²) in [5.74, 6) is -5.14. The molecule has 1 saturated heterocycles. The molecule has 1 atom stereocenters. The Morgan fingerprint density at radius 1 is 1.10 bits per heavy atom. The Labute approximate surface area is 272 Å². The maximum atomic E-state index is 15.5. The smallest absolute Gasteiger partial charge is 0.433 e. The molecule has 1 amide bonds. The van der Waals surface area contributed by atoms with E-state index in [9.17, 15) is 31.5 Å². The number of nitrogens with zero attached hydrogens (tertiary/aromatic N) is 3. The van der Waals surface area contributed by atoms with E-state index in [4.69, 9.17) is 14.2 Å². The molecule has 2 aromatic carbocycles. The van der Waals surface area contributed by atoms with Gasteiger partial charge in [-0.1, -0.05) is 0 Å². The van der Waals surface area contributed by atoms with Crippen LogP contribution < -0.4 is 25.1 Å². The molecule has 0 aliphatic carbocycles. The molecule has 1 N–H and O–H groups in total. The fourth-order valence-electron chi connectivity index (χ4n) is 4.89. The van der Waals surface area contributed by atoms with Gasteiger partial charge in [-0.2, -0.15) is 39.3 Å². The first kappa shape index (κ1) is 34.6. The van der Waals surface area contributed by atoms with Gasteiger partial charge in [-0.15, -0.1) is 0 Å². The number of anilines is 1. The van der Waals surface area contributed by atoms with Crippen molar-refractivity contribution in [3.8, 4) is 34.3 Å². The summed E-state index contributed by atoms with van der Waals surface area (Å²) in [6.45, 7) is -2.81. The first-order valence-electron chi connectivity index (χ1n) is 13.8. The Balaban J connectivity index is 1.69. The normalized spacial score (nSPS) is 16.3. The molecule has 10 nitrogen and oxygen atoms in total. The molecule has 4 aromatic rings. The molecular formula is C30H25F7N4O6S. The molecule has 1 aliphatic rings. The number of carbonyl (C=O) groups is 1. The van der Waals surface area contributed by atoms with Gasteiger partial charge in [0.1, 0.15) is 46.8 Å². The number of amides is 1. The number of carbonyl (C=O) groups excluding carboxylic acids is 1. The number of rotatable bonds is 10. The van der Waals surface area contributed by atoms with Crippen molar-refractivity contribution in [2.45, 2.75) is 24.0 Å². The number of ether oxygens (including phenoxy) is 4. The lowest BCUT2D eigenvalue weighted by atomic mass is 10.1. The first-order valence-corrected chi connectivity index (χ1v) is 14.3. The van der Waals surface area contributed by atoms with Gasteiger partial charge in [-0.25, -0.2) is 13.8 Å². The van der Waals surface area contributed by atoms with Crippen LogP contribution in [0.2, 0.25) is 0 Å². The molecule has 2 aromatic heterocycles. The molecule has 3 heterocycles. The quantitative estimate of drug-likeness (QED) is 0.158. The summed E-state index contributed by atoms with van der Waals surface area (Å²) in [7, 11) is 2.25. The highest BCUT2D eigenvalue weighted by atomic mass is 32.1. The maximum absolute atomic E-state index is 15.5. The third kappa shape index (κ3) is 7.08. The number of pyridine rings is 1. The minimum Gasteiger partial charge on any atom is -0.497 e. The van der Waals surface area contributed by atoms with Gasteiger partial charge in [0.25, 0.3) is 11.5 Å². The van der Waals surface area contributed by atoms with Crippen LogP contribution in [0.4, 0.5) is 36.4 Å². The predicted molar refractivity (Wildman–Crippen MR) is 159 cm³/mol. The maximum Gasteiger partial charge on any atom is 0.433 e. The molecule has 5 rings (SSSR count). The molecule has 1 unspecified atom stereocenters. The molecule has 48 heavy (non-hydrogen) atoms. The number of hydrogen-bond acceptors (Lipinski definition) is 8. The lowest BCUT2D eigenvalue weighted by molar-refractivity contribution is -0.141. The Hall–Kier alpha value is -4.71. The van der Waals surface area contributed by atoms with Crippen molar-refractivity contribution in [3.05, 3.63) is 81.8 Å². The second-order valence-corrected chi connectivity index (χ2v) is 11.5. The summed E-state index contributed by atoms with van der Waals surface area (Å²) < 4.78 is 118. The van der Waals surface area contributed by atoms with Gasteiger partial charge in [0.05, 0.1) is 24.0 Å². The van der Waals surface area contributed by atoms with Crippen LogP contribution in [0.25, 0.3) is 17.1 Å². The largest absolute Gasteiger partial charge is 0.497 e. The van der Waals surface area contributed by atoms with Crippen molar-refractivity contribution in [2.24, 2.45) is 7.05 Å². The lowest BCUT2D eigenvalue weighted by Crippen LogP contribution is -2.31. The van der Waals surface area contributed by atoms with Gasteiger partial charge in [-0.05, 0) is 42.8 Å². The summed E-state index contributed by atoms with van der Waals surface area (Å²) in [6.07, 6.45) is -4.55. The summed E-state index contributed by atoms with van der Waals surface area (Å²) in [5, 5.41) is 2.25. The molecule has 1 fully saturated rings. The van der Waals surface area contributed by atoms with Crippen molar-refractivity contribution in [2.75, 3.05) is 32.2 Å². The van der Waals surface area contributed by atoms with Gasteiger partial charge < -0.3 is 24.3 Å². The van der Waals surface area contributed by atoms with Crippen LogP contribution in [0.1, 0.15) is 22.5 Å². The number of aromatic nitrogens is 3. The van der Waals surface area contributed by atoms with Gasteiger partial charge in [0.2, 0.25) is 0 Å². The number of thiol groups is 1. The van der Waals surface area contributed by atoms with Crippen LogP contribution in [-0.4, -0.2) is 58.5 Å². The zero-order valence-electron chi connectivity index (χ0n) is 24.9. The van der Waals surface area contributed by atoms with Crippen LogP contribution >= 0.6 is 12.6 Å². The second-order valence-electron chi connectivity index (χ2n) is 10.5. The number of alkyl halides is 5. The fourth-order valence-corrected chi connectivity index (χ4v) is 5.14. The predicted octanol–water partition coefficient (Wildman–Crippen LogP) is 5.87. The third-order valence-electron chi connectivity index (χ3n) is 7.24. The van der Waals surface area contributed by atoms with E-state index in [1.807, 2.05) is 0 Å². The standard InChI is InChI=1S/C30H25F7N4O6S/c1-40-24(22-18(31)11-17(44-2)12-19(22)32)23(39-26(42)15-3-5-16(6-4-15)47-28(33)34)27(43)41(40)25-20(7-8-21(38-25)30(35,36)37)46-14-29(48)9-10-45-13-29/h3-8,11-12,28,48H,9-10,13-14H2,1-2H3,(H,39,42). The summed E-state index contributed by atoms with van der Waals surface area (Å²) >= 11 is 4.53. The summed E-state index contributed by atoms with van der Waals surface area (Å²) in [6, 6.07) is 7.35. The van der Waals surface area contributed by atoms with E-state index in [2.05, 4.69) is 27.7 Å². The van der Waals surface area contributed by atoms with E-state index < -0.39 is 69.1 Å². The van der Waals surface area contributed by atoms with Crippen LogP contribution in [0.3, 0.4) is 0 Å². The third-order valence-corrected chi connectivity index (χ3v) is 7.73. The highest BCUT2D eigenvalue weighted by molar-refractivity contribution is 7.81. The van der Waals surface area contributed by atoms with E-state index >= 15 is 8.78 Å². The van der Waals surface area contributed by atoms with Crippen LogP contribution in [0.5, 0.6) is 17.2 Å². The monoisotopic (exact) mass is 702 g/mol. The zero-order chi connectivity index (χ0) is 35.0. The van der Waals surface area contributed by atoms with Crippen molar-refractivity contribution < 1.29 is 54.5 Å². The topological polar surface area (TPSA) is 106 Å². The highest BCUT2D eigenvalue weighted by Gasteiger charge is 2.37. The minimum atomic E-state index is -4.99. The molecule has 0 bridgehead atoms. The second kappa shape index (κ2) is 13.4. The molecule has 0 radical (unpaired) electrons. The lowest BCUT2D eigenvalue weighted by Gasteiger charge is -2.22. The van der Waals surface area contributed by atoms with Gasteiger partial charge in [-0.3, -0.25) is 14.3 Å². The van der Waals surface area contributed by atoms with Crippen LogP contribution in [-0.2, 0) is 18.0 Å². The zero-order valence-corrected chi connectivity index (χ0v) is 25.8. The van der Waals surface area contributed by atoms with Crippen molar-refractivity contribution >= 4 is 24.2 Å². The fraction of sp³-hybridized carbons (Fsp3) is 0.300. The highest BCUT2D eigenvalue weighted by Crippen LogP contribution is 2.37. The number of hydrogen-bond donors (Lipinski definition) is 2. The summed E-state index contributed by atoms with van der Waals surface area (Å²) in [5.41, 5.74) is -5.11. The van der Waals surface area contributed by atoms with Crippen molar-refractivity contribution in [1.29, 1.82) is 0 Å². The number of nitrogens with one attached hydrogen (secondary N) is 1. The van der Waals surface area contributed by atoms with Crippen molar-refractivity contribution in [3.63, 3.8) is 0 Å². The molecule has 256 valence electrons. The number of methoxy groups -OCH3 is 1. The number of benzene rings is 2. The SMILES string of the molecule is COc1cc(F)c(-c2c(NC(=O)c3ccc(OC(F)F)cc3)c(=O)n(-c3nc(C(F)(F)F)ccc3OCC3(S)CCOC3)n2C)c(F)c1. The van der Waals surface area contributed by atoms with Crippen LogP contribution in [0, 0.1) is 11.6 Å². The molecule has 0 saturated carbocycles. The Morgan fingerprint density at radius 2 is 1.77 bits per heavy atom. The van der Waals surface area contributed by atoms with E-state index in [0.717, 1.165) is 61.3 Å². The Bertz CT molecular complexity index is 1870. The van der Waals surface area contributed by atoms with Gasteiger partial charge >= 0.3 is 12.8 Å². The van der Waals surface area contributed by atoms with E-state index in [0.29, 0.717) is 23.8 Å². The average Bonchev–Trinajstić information content (AvgIpc) is 3.55. The van der Waals surface area contributed by atoms with Crippen LogP contribution in [0.15, 0.2) is 53.3 Å². The Morgan fingerprint density at radius 3 is 2.33 bits per heavy atom. The summed E-state index contributed by atoms with van der Waals surface area (Å²) in [4.78, 5) is 31.0. The minimum absolute atomic E-state index is 0.162. The molecule has 0 spiro atoms. The van der Waals surface area contributed by atoms with Crippen molar-refractivity contribution in [1.82, 2.24) is 14.3 Å². The van der Waals surface area contributed by atoms with Gasteiger partial charge in [0.15, 0.2) is 11.6 Å². The Kier molecular flexibility index (Phi) is 9.68.